The molecule has 0 bridgehead atoms. The summed E-state index contributed by atoms with van der Waals surface area (Å²) in [6.45, 7) is 1.34. The van der Waals surface area contributed by atoms with E-state index < -0.39 is 36.4 Å². The normalized spacial score (nSPS) is 33.5. The van der Waals surface area contributed by atoms with E-state index in [1.165, 1.54) is 6.20 Å². The summed E-state index contributed by atoms with van der Waals surface area (Å²) >= 11 is 5.04. The Morgan fingerprint density at radius 2 is 2.25 bits per heavy atom. The van der Waals surface area contributed by atoms with Gasteiger partial charge in [-0.05, 0) is 6.92 Å². The Hall–Kier alpha value is -1.10. The van der Waals surface area contributed by atoms with Crippen molar-refractivity contribution >= 4 is 12.2 Å². The van der Waals surface area contributed by atoms with Gasteiger partial charge in [-0.25, -0.2) is 4.79 Å². The number of aliphatic hydroxyl groups is 3. The van der Waals surface area contributed by atoms with Crippen molar-refractivity contribution in [2.24, 2.45) is 0 Å². The van der Waals surface area contributed by atoms with E-state index >= 15 is 0 Å². The van der Waals surface area contributed by atoms with Crippen molar-refractivity contribution in [2.75, 3.05) is 13.2 Å². The van der Waals surface area contributed by atoms with Crippen LogP contribution in [0.3, 0.4) is 0 Å². The smallest absolute Gasteiger partial charge is 0.323 e. The van der Waals surface area contributed by atoms with Crippen LogP contribution in [-0.4, -0.2) is 56.8 Å². The Labute approximate surface area is 119 Å². The summed E-state index contributed by atoms with van der Waals surface area (Å²) in [5.41, 5.74) is -0.339. The second-order valence-corrected chi connectivity index (χ2v) is 4.77. The summed E-state index contributed by atoms with van der Waals surface area (Å²) in [6, 6.07) is 0. The summed E-state index contributed by atoms with van der Waals surface area (Å²) < 4.78 is 11.0. The Morgan fingerprint density at radius 1 is 1.55 bits per heavy atom. The minimum absolute atomic E-state index is 0.0204. The van der Waals surface area contributed by atoms with Crippen molar-refractivity contribution in [2.45, 2.75) is 31.0 Å². The van der Waals surface area contributed by atoms with Gasteiger partial charge < -0.3 is 29.8 Å². The summed E-state index contributed by atoms with van der Waals surface area (Å²) in [7, 11) is 0. The second kappa shape index (κ2) is 5.72. The van der Waals surface area contributed by atoms with Crippen LogP contribution in [0, 0.1) is 4.64 Å². The molecule has 9 heteroatoms. The lowest BCUT2D eigenvalue weighted by atomic mass is 10.00. The van der Waals surface area contributed by atoms with Crippen LogP contribution in [0.2, 0.25) is 0 Å². The van der Waals surface area contributed by atoms with E-state index in [4.69, 9.17) is 21.7 Å². The maximum atomic E-state index is 11.2. The van der Waals surface area contributed by atoms with E-state index in [1.807, 2.05) is 0 Å². The first-order valence-electron chi connectivity index (χ1n) is 6.07. The quantitative estimate of drug-likeness (QED) is 0.439. The molecule has 0 aliphatic carbocycles. The molecule has 2 heterocycles. The molecule has 2 rings (SSSR count). The number of nitrogens with one attached hydrogen (secondary N) is 2. The summed E-state index contributed by atoms with van der Waals surface area (Å²) in [6.07, 6.45) is -2.56. The minimum Gasteiger partial charge on any atom is -0.394 e. The van der Waals surface area contributed by atoms with Crippen molar-refractivity contribution in [1.82, 2.24) is 9.97 Å². The molecule has 8 nitrogen and oxygen atoms in total. The maximum absolute atomic E-state index is 11.2. The van der Waals surface area contributed by atoms with Gasteiger partial charge in [-0.2, -0.15) is 0 Å². The Morgan fingerprint density at radius 3 is 2.75 bits per heavy atom. The molecule has 1 aliphatic heterocycles. The molecule has 20 heavy (non-hydrogen) atoms. The Kier molecular flexibility index (Phi) is 4.37. The molecule has 1 aromatic rings. The number of rotatable bonds is 4. The van der Waals surface area contributed by atoms with Crippen LogP contribution in [0.1, 0.15) is 12.5 Å². The van der Waals surface area contributed by atoms with Crippen molar-refractivity contribution in [3.05, 3.63) is 26.9 Å². The van der Waals surface area contributed by atoms with Crippen LogP contribution in [0.25, 0.3) is 0 Å². The number of hydrogen-bond acceptors (Lipinski definition) is 7. The molecule has 5 N–H and O–H groups in total. The molecule has 1 saturated heterocycles. The van der Waals surface area contributed by atoms with Crippen molar-refractivity contribution in [3.63, 3.8) is 0 Å². The second-order valence-electron chi connectivity index (χ2n) is 4.36. The molecule has 0 spiro atoms. The minimum atomic E-state index is -1.74. The third-order valence-electron chi connectivity index (χ3n) is 3.15. The summed E-state index contributed by atoms with van der Waals surface area (Å²) in [5, 5.41) is 29.3. The van der Waals surface area contributed by atoms with Gasteiger partial charge in [0.1, 0.15) is 23.0 Å². The molecule has 0 saturated carbocycles. The topological polar surface area (TPSA) is 128 Å². The van der Waals surface area contributed by atoms with Crippen LogP contribution in [0.4, 0.5) is 0 Å². The average molecular weight is 304 g/mol. The van der Waals surface area contributed by atoms with E-state index in [9.17, 15) is 20.1 Å². The zero-order valence-corrected chi connectivity index (χ0v) is 11.5. The third kappa shape index (κ3) is 2.32. The molecule has 1 aromatic heterocycles. The van der Waals surface area contributed by atoms with Gasteiger partial charge >= 0.3 is 5.69 Å². The first kappa shape index (κ1) is 15.3. The highest BCUT2D eigenvalue weighted by Crippen LogP contribution is 2.40. The lowest BCUT2D eigenvalue weighted by molar-refractivity contribution is -0.268. The van der Waals surface area contributed by atoms with E-state index in [0.717, 1.165) is 0 Å². The van der Waals surface area contributed by atoms with E-state index in [0.29, 0.717) is 0 Å². The lowest BCUT2D eigenvalue weighted by Gasteiger charge is -2.31. The number of hydrogen-bond donors (Lipinski definition) is 5. The highest BCUT2D eigenvalue weighted by molar-refractivity contribution is 7.71. The number of aromatic nitrogens is 2. The van der Waals surface area contributed by atoms with Crippen LogP contribution < -0.4 is 5.69 Å². The van der Waals surface area contributed by atoms with Crippen LogP contribution in [0.15, 0.2) is 11.0 Å². The first-order chi connectivity index (χ1) is 9.46. The van der Waals surface area contributed by atoms with E-state index in [1.54, 1.807) is 6.92 Å². The third-order valence-corrected chi connectivity index (χ3v) is 3.48. The standard InChI is InChI=1S/C11H16N2O6S/c1-2-18-11(5-3-12-10(17)13-9(5)20)8(16)7(15)6(4-14)19-11/h3,6-8,14-16H,2,4H2,1H3,(H2,12,13,17,20)/t6-,7-,8-,11+/m1/s1. The fraction of sp³-hybridized carbons (Fsp3) is 0.636. The van der Waals surface area contributed by atoms with Gasteiger partial charge in [0.15, 0.2) is 0 Å². The molecule has 1 fully saturated rings. The van der Waals surface area contributed by atoms with Gasteiger partial charge in [0.05, 0.1) is 12.2 Å². The van der Waals surface area contributed by atoms with Crippen LogP contribution in [-0.2, 0) is 15.3 Å². The summed E-state index contributed by atoms with van der Waals surface area (Å²) in [4.78, 5) is 15.9. The number of H-pyrrole nitrogens is 2. The molecule has 4 atom stereocenters. The lowest BCUT2D eigenvalue weighted by Crippen LogP contribution is -2.44. The van der Waals surface area contributed by atoms with Gasteiger partial charge in [-0.15, -0.1) is 0 Å². The van der Waals surface area contributed by atoms with E-state index in [-0.39, 0.29) is 16.8 Å². The van der Waals surface area contributed by atoms with Crippen LogP contribution in [0.5, 0.6) is 0 Å². The SMILES string of the molecule is CCO[C@@]1(c2c[nH]c(=O)[nH]c2=S)O[C@H](CO)[C@@H](O)[C@H]1O. The Balaban J connectivity index is 2.55. The fourth-order valence-electron chi connectivity index (χ4n) is 2.24. The molecule has 0 amide bonds. The zero-order chi connectivity index (χ0) is 14.9. The Bertz CT molecular complexity index is 587. The maximum Gasteiger partial charge on any atom is 0.323 e. The molecule has 1 aliphatic rings. The first-order valence-corrected chi connectivity index (χ1v) is 6.48. The van der Waals surface area contributed by atoms with Crippen LogP contribution >= 0.6 is 12.2 Å². The molecular formula is C11H16N2O6S. The molecule has 112 valence electrons. The number of aliphatic hydroxyl groups excluding tert-OH is 3. The highest BCUT2D eigenvalue weighted by Gasteiger charge is 2.57. The predicted molar refractivity (Wildman–Crippen MR) is 69.5 cm³/mol. The number of aromatic amines is 2. The van der Waals surface area contributed by atoms with Gasteiger partial charge in [0.2, 0.25) is 5.79 Å². The summed E-state index contributed by atoms with van der Waals surface area (Å²) in [5.74, 6) is -1.74. The van der Waals surface area contributed by atoms with Gasteiger partial charge in [-0.1, -0.05) is 12.2 Å². The molecule has 0 aromatic carbocycles. The predicted octanol–water partition coefficient (Wildman–Crippen LogP) is -1.27. The molecule has 0 radical (unpaired) electrons. The van der Waals surface area contributed by atoms with Crippen molar-refractivity contribution in [1.29, 1.82) is 0 Å². The van der Waals surface area contributed by atoms with Gasteiger partial charge in [0, 0.05) is 12.8 Å². The van der Waals surface area contributed by atoms with Crippen molar-refractivity contribution in [3.8, 4) is 0 Å². The number of ether oxygens (including phenoxy) is 2. The average Bonchev–Trinajstić information content (AvgIpc) is 2.65. The molecular weight excluding hydrogens is 288 g/mol. The van der Waals surface area contributed by atoms with Gasteiger partial charge in [0.25, 0.3) is 0 Å². The zero-order valence-electron chi connectivity index (χ0n) is 10.7. The largest absolute Gasteiger partial charge is 0.394 e. The van der Waals surface area contributed by atoms with Gasteiger partial charge in [-0.3, -0.25) is 4.98 Å². The van der Waals surface area contributed by atoms with E-state index in [2.05, 4.69) is 9.97 Å². The van der Waals surface area contributed by atoms with Crippen molar-refractivity contribution < 1.29 is 24.8 Å². The monoisotopic (exact) mass is 304 g/mol. The highest BCUT2D eigenvalue weighted by atomic mass is 32.1. The molecule has 0 unspecified atom stereocenters. The fourth-order valence-corrected chi connectivity index (χ4v) is 2.53.